The van der Waals surface area contributed by atoms with E-state index in [1.165, 1.54) is 5.56 Å². The first kappa shape index (κ1) is 13.7. The lowest BCUT2D eigenvalue weighted by Gasteiger charge is -2.26. The van der Waals surface area contributed by atoms with Crippen LogP contribution in [0.2, 0.25) is 0 Å². The Hall–Kier alpha value is -1.35. The van der Waals surface area contributed by atoms with Crippen LogP contribution in [0.4, 0.5) is 0 Å². The largest absolute Gasteiger partial charge is 0.355 e. The average molecular weight is 234 g/mol. The van der Waals surface area contributed by atoms with Crippen molar-refractivity contribution in [2.75, 3.05) is 13.1 Å². The number of amides is 1. The van der Waals surface area contributed by atoms with E-state index in [4.69, 9.17) is 5.73 Å². The molecule has 1 atom stereocenters. The molecule has 3 N–H and O–H groups in total. The predicted octanol–water partition coefficient (Wildman–Crippen LogP) is 1.68. The van der Waals surface area contributed by atoms with Crippen molar-refractivity contribution >= 4 is 5.91 Å². The molecule has 0 saturated carbocycles. The summed E-state index contributed by atoms with van der Waals surface area (Å²) in [7, 11) is 0. The van der Waals surface area contributed by atoms with Gasteiger partial charge in [0, 0.05) is 24.4 Å². The first-order valence-electron chi connectivity index (χ1n) is 6.00. The van der Waals surface area contributed by atoms with Crippen molar-refractivity contribution in [3.63, 3.8) is 0 Å². The number of rotatable bonds is 5. The van der Waals surface area contributed by atoms with E-state index in [1.807, 2.05) is 25.1 Å². The Morgan fingerprint density at radius 1 is 1.35 bits per heavy atom. The minimum Gasteiger partial charge on any atom is -0.355 e. The standard InChI is InChI=1S/C14H22N2O/c1-11(9-15)13(17)16-10-14(2,3)12-7-5-4-6-8-12/h4-8,11H,9-10,15H2,1-3H3,(H,16,17). The summed E-state index contributed by atoms with van der Waals surface area (Å²) >= 11 is 0. The van der Waals surface area contributed by atoms with Crippen LogP contribution in [0.15, 0.2) is 30.3 Å². The Balaban J connectivity index is 2.59. The molecule has 0 aliphatic heterocycles. The highest BCUT2D eigenvalue weighted by molar-refractivity contribution is 5.78. The van der Waals surface area contributed by atoms with Crippen LogP contribution in [0, 0.1) is 5.92 Å². The Morgan fingerprint density at radius 3 is 2.47 bits per heavy atom. The van der Waals surface area contributed by atoms with Crippen LogP contribution in [0.5, 0.6) is 0 Å². The summed E-state index contributed by atoms with van der Waals surface area (Å²) in [5.74, 6) is -0.0990. The molecule has 0 spiro atoms. The van der Waals surface area contributed by atoms with E-state index >= 15 is 0 Å². The fraction of sp³-hybridized carbons (Fsp3) is 0.500. The molecular weight excluding hydrogens is 212 g/mol. The van der Waals surface area contributed by atoms with Crippen LogP contribution in [0.3, 0.4) is 0 Å². The SMILES string of the molecule is CC(CN)C(=O)NCC(C)(C)c1ccccc1. The van der Waals surface area contributed by atoms with E-state index in [-0.39, 0.29) is 17.2 Å². The molecule has 1 amide bonds. The molecule has 1 rings (SSSR count). The first-order chi connectivity index (χ1) is 7.97. The third-order valence-corrected chi connectivity index (χ3v) is 3.06. The molecule has 0 bridgehead atoms. The van der Waals surface area contributed by atoms with Gasteiger partial charge in [0.25, 0.3) is 0 Å². The number of hydrogen-bond donors (Lipinski definition) is 2. The van der Waals surface area contributed by atoms with Gasteiger partial charge >= 0.3 is 0 Å². The number of benzene rings is 1. The fourth-order valence-corrected chi connectivity index (χ4v) is 1.58. The molecule has 0 aliphatic rings. The average Bonchev–Trinajstić information content (AvgIpc) is 2.36. The van der Waals surface area contributed by atoms with Crippen LogP contribution >= 0.6 is 0 Å². The Bertz CT molecular complexity index is 360. The molecule has 17 heavy (non-hydrogen) atoms. The first-order valence-corrected chi connectivity index (χ1v) is 6.00. The summed E-state index contributed by atoms with van der Waals surface area (Å²) in [4.78, 5) is 11.7. The third-order valence-electron chi connectivity index (χ3n) is 3.06. The van der Waals surface area contributed by atoms with Gasteiger partial charge in [-0.1, -0.05) is 51.1 Å². The van der Waals surface area contributed by atoms with E-state index < -0.39 is 0 Å². The molecule has 3 nitrogen and oxygen atoms in total. The van der Waals surface area contributed by atoms with Crippen molar-refractivity contribution in [1.29, 1.82) is 0 Å². The maximum Gasteiger partial charge on any atom is 0.224 e. The minimum atomic E-state index is -0.124. The Kier molecular flexibility index (Phi) is 4.70. The zero-order valence-electron chi connectivity index (χ0n) is 10.9. The van der Waals surface area contributed by atoms with Gasteiger partial charge in [0.2, 0.25) is 5.91 Å². The van der Waals surface area contributed by atoms with E-state index in [0.717, 1.165) is 0 Å². The monoisotopic (exact) mass is 234 g/mol. The molecule has 94 valence electrons. The van der Waals surface area contributed by atoms with Crippen LogP contribution in [-0.2, 0) is 10.2 Å². The molecule has 0 radical (unpaired) electrons. The zero-order valence-corrected chi connectivity index (χ0v) is 10.9. The topological polar surface area (TPSA) is 55.1 Å². The molecule has 0 aliphatic carbocycles. The molecule has 1 aromatic carbocycles. The number of hydrogen-bond acceptors (Lipinski definition) is 2. The highest BCUT2D eigenvalue weighted by atomic mass is 16.1. The highest BCUT2D eigenvalue weighted by Gasteiger charge is 2.22. The summed E-state index contributed by atoms with van der Waals surface area (Å²) < 4.78 is 0. The van der Waals surface area contributed by atoms with Crippen molar-refractivity contribution in [3.8, 4) is 0 Å². The molecule has 1 aromatic rings. The summed E-state index contributed by atoms with van der Waals surface area (Å²) in [6.45, 7) is 7.09. The van der Waals surface area contributed by atoms with Gasteiger partial charge in [0.1, 0.15) is 0 Å². The number of carbonyl (C=O) groups excluding carboxylic acids is 1. The molecule has 3 heteroatoms. The van der Waals surface area contributed by atoms with Crippen LogP contribution in [0.25, 0.3) is 0 Å². The van der Waals surface area contributed by atoms with Gasteiger partial charge in [0.15, 0.2) is 0 Å². The van der Waals surface area contributed by atoms with E-state index in [1.54, 1.807) is 0 Å². The van der Waals surface area contributed by atoms with Crippen LogP contribution in [-0.4, -0.2) is 19.0 Å². The molecule has 0 saturated heterocycles. The molecule has 1 unspecified atom stereocenters. The summed E-state index contributed by atoms with van der Waals surface area (Å²) in [5.41, 5.74) is 6.62. The van der Waals surface area contributed by atoms with Gasteiger partial charge in [-0.25, -0.2) is 0 Å². The van der Waals surface area contributed by atoms with Gasteiger partial charge in [-0.3, -0.25) is 4.79 Å². The van der Waals surface area contributed by atoms with Crippen molar-refractivity contribution in [2.45, 2.75) is 26.2 Å². The predicted molar refractivity (Wildman–Crippen MR) is 70.7 cm³/mol. The third kappa shape index (κ3) is 3.86. The lowest BCUT2D eigenvalue weighted by atomic mass is 9.84. The van der Waals surface area contributed by atoms with E-state index in [0.29, 0.717) is 13.1 Å². The van der Waals surface area contributed by atoms with Crippen LogP contribution in [0.1, 0.15) is 26.3 Å². The van der Waals surface area contributed by atoms with Crippen molar-refractivity contribution in [3.05, 3.63) is 35.9 Å². The number of nitrogens with two attached hydrogens (primary N) is 1. The fourth-order valence-electron chi connectivity index (χ4n) is 1.58. The molecule has 0 heterocycles. The van der Waals surface area contributed by atoms with Crippen molar-refractivity contribution in [2.24, 2.45) is 11.7 Å². The second-order valence-electron chi connectivity index (χ2n) is 5.10. The van der Waals surface area contributed by atoms with Gasteiger partial charge in [0.05, 0.1) is 0 Å². The van der Waals surface area contributed by atoms with Gasteiger partial charge in [-0.2, -0.15) is 0 Å². The minimum absolute atomic E-state index is 0.0245. The Labute approximate surface area is 103 Å². The number of carbonyl (C=O) groups is 1. The van der Waals surface area contributed by atoms with Gasteiger partial charge < -0.3 is 11.1 Å². The smallest absolute Gasteiger partial charge is 0.224 e. The van der Waals surface area contributed by atoms with Crippen LogP contribution < -0.4 is 11.1 Å². The highest BCUT2D eigenvalue weighted by Crippen LogP contribution is 2.21. The summed E-state index contributed by atoms with van der Waals surface area (Å²) in [6, 6.07) is 10.2. The Morgan fingerprint density at radius 2 is 1.94 bits per heavy atom. The van der Waals surface area contributed by atoms with Crippen molar-refractivity contribution in [1.82, 2.24) is 5.32 Å². The summed E-state index contributed by atoms with van der Waals surface area (Å²) in [5, 5.41) is 2.95. The normalized spacial score (nSPS) is 13.2. The second kappa shape index (κ2) is 5.82. The van der Waals surface area contributed by atoms with E-state index in [9.17, 15) is 4.79 Å². The maximum absolute atomic E-state index is 11.7. The second-order valence-corrected chi connectivity index (χ2v) is 5.10. The summed E-state index contributed by atoms with van der Waals surface area (Å²) in [6.07, 6.45) is 0. The van der Waals surface area contributed by atoms with Gasteiger partial charge in [-0.05, 0) is 5.56 Å². The molecule has 0 fully saturated rings. The van der Waals surface area contributed by atoms with Crippen molar-refractivity contribution < 1.29 is 4.79 Å². The van der Waals surface area contributed by atoms with Gasteiger partial charge in [-0.15, -0.1) is 0 Å². The van der Waals surface area contributed by atoms with E-state index in [2.05, 4.69) is 31.3 Å². The number of nitrogens with one attached hydrogen (secondary N) is 1. The quantitative estimate of drug-likeness (QED) is 0.814. The maximum atomic E-state index is 11.7. The lowest BCUT2D eigenvalue weighted by molar-refractivity contribution is -0.124. The molecular formula is C14H22N2O. The molecule has 0 aromatic heterocycles. The lowest BCUT2D eigenvalue weighted by Crippen LogP contribution is -2.40. The zero-order chi connectivity index (χ0) is 12.9.